The zero-order valence-electron chi connectivity index (χ0n) is 11.7. The van der Waals surface area contributed by atoms with Crippen molar-refractivity contribution >= 4 is 11.9 Å². The molecule has 1 heterocycles. The summed E-state index contributed by atoms with van der Waals surface area (Å²) in [6.45, 7) is 0. The van der Waals surface area contributed by atoms with E-state index in [1.165, 1.54) is 0 Å². The van der Waals surface area contributed by atoms with Crippen LogP contribution in [0.15, 0.2) is 4.52 Å². The third-order valence-electron chi connectivity index (χ3n) is 3.90. The van der Waals surface area contributed by atoms with E-state index in [-0.39, 0.29) is 18.2 Å². The number of nitrogens with one attached hydrogen (secondary N) is 1. The van der Waals surface area contributed by atoms with E-state index in [1.54, 1.807) is 0 Å². The fourth-order valence-corrected chi connectivity index (χ4v) is 2.33. The summed E-state index contributed by atoms with van der Waals surface area (Å²) in [6.07, 6.45) is 5.41. The molecular formula is C14H19N3O4. The summed E-state index contributed by atoms with van der Waals surface area (Å²) in [7, 11) is 0. The van der Waals surface area contributed by atoms with Gasteiger partial charge in [-0.15, -0.1) is 0 Å². The molecule has 7 nitrogen and oxygen atoms in total. The Morgan fingerprint density at radius 2 is 2.10 bits per heavy atom. The Morgan fingerprint density at radius 1 is 1.33 bits per heavy atom. The maximum Gasteiger partial charge on any atom is 0.326 e. The quantitative estimate of drug-likeness (QED) is 0.747. The highest BCUT2D eigenvalue weighted by Crippen LogP contribution is 2.38. The van der Waals surface area contributed by atoms with Crippen molar-refractivity contribution in [1.82, 2.24) is 15.5 Å². The van der Waals surface area contributed by atoms with Gasteiger partial charge >= 0.3 is 5.97 Å². The molecule has 2 saturated carbocycles. The smallest absolute Gasteiger partial charge is 0.326 e. The average molecular weight is 293 g/mol. The molecule has 1 aromatic heterocycles. The second-order valence-corrected chi connectivity index (χ2v) is 5.89. The first kappa shape index (κ1) is 14.0. The summed E-state index contributed by atoms with van der Waals surface area (Å²) < 4.78 is 5.13. The van der Waals surface area contributed by atoms with Gasteiger partial charge in [0.15, 0.2) is 5.82 Å². The van der Waals surface area contributed by atoms with E-state index in [1.807, 2.05) is 0 Å². The molecule has 2 aliphatic carbocycles. The van der Waals surface area contributed by atoms with E-state index in [4.69, 9.17) is 9.63 Å². The van der Waals surface area contributed by atoms with Gasteiger partial charge in [0.2, 0.25) is 11.8 Å². The number of aliphatic carboxylic acids is 1. The molecule has 114 valence electrons. The van der Waals surface area contributed by atoms with Crippen molar-refractivity contribution in [3.8, 4) is 0 Å². The Balaban J connectivity index is 1.39. The Kier molecular flexibility index (Phi) is 3.90. The minimum absolute atomic E-state index is 0.100. The van der Waals surface area contributed by atoms with Crippen molar-refractivity contribution in [2.75, 3.05) is 0 Å². The maximum atomic E-state index is 11.8. The first-order valence-corrected chi connectivity index (χ1v) is 7.48. The first-order chi connectivity index (χ1) is 10.1. The number of nitrogens with zero attached hydrogens (tertiary/aromatic N) is 2. The van der Waals surface area contributed by atoms with Crippen molar-refractivity contribution in [2.24, 2.45) is 5.92 Å². The molecule has 0 spiro atoms. The molecular weight excluding hydrogens is 274 g/mol. The molecule has 0 radical (unpaired) electrons. The molecule has 2 fully saturated rings. The van der Waals surface area contributed by atoms with Gasteiger partial charge in [0, 0.05) is 18.8 Å². The number of carboxylic acid groups (broad SMARTS) is 1. The number of rotatable bonds is 8. The van der Waals surface area contributed by atoms with Gasteiger partial charge in [0.1, 0.15) is 6.04 Å². The van der Waals surface area contributed by atoms with E-state index in [2.05, 4.69) is 15.5 Å². The van der Waals surface area contributed by atoms with E-state index < -0.39 is 12.0 Å². The van der Waals surface area contributed by atoms with E-state index in [9.17, 15) is 9.59 Å². The van der Waals surface area contributed by atoms with Crippen LogP contribution in [-0.2, 0) is 16.0 Å². The zero-order chi connectivity index (χ0) is 14.8. The number of hydrogen-bond donors (Lipinski definition) is 2. The molecule has 1 amide bonds. The summed E-state index contributed by atoms with van der Waals surface area (Å²) in [5.41, 5.74) is 0. The van der Waals surface area contributed by atoms with Crippen molar-refractivity contribution in [3.05, 3.63) is 11.7 Å². The molecule has 2 aliphatic rings. The Labute approximate surface area is 122 Å². The zero-order valence-corrected chi connectivity index (χ0v) is 11.7. The van der Waals surface area contributed by atoms with Crippen LogP contribution in [-0.4, -0.2) is 33.2 Å². The van der Waals surface area contributed by atoms with Gasteiger partial charge in [-0.25, -0.2) is 4.79 Å². The van der Waals surface area contributed by atoms with Crippen LogP contribution in [0.25, 0.3) is 0 Å². The maximum absolute atomic E-state index is 11.8. The Hall–Kier alpha value is -1.92. The fraction of sp³-hybridized carbons (Fsp3) is 0.714. The molecule has 21 heavy (non-hydrogen) atoms. The summed E-state index contributed by atoms with van der Waals surface area (Å²) in [5, 5.41) is 15.6. The van der Waals surface area contributed by atoms with Gasteiger partial charge in [-0.1, -0.05) is 5.16 Å². The molecule has 1 atom stereocenters. The van der Waals surface area contributed by atoms with Crippen LogP contribution in [0.4, 0.5) is 0 Å². The lowest BCUT2D eigenvalue weighted by Crippen LogP contribution is -2.42. The lowest BCUT2D eigenvalue weighted by Gasteiger charge is -2.13. The van der Waals surface area contributed by atoms with Crippen LogP contribution in [0, 0.1) is 5.92 Å². The van der Waals surface area contributed by atoms with Gasteiger partial charge in [-0.2, -0.15) is 4.98 Å². The van der Waals surface area contributed by atoms with Crippen molar-refractivity contribution < 1.29 is 19.2 Å². The van der Waals surface area contributed by atoms with Crippen LogP contribution in [0.3, 0.4) is 0 Å². The highest BCUT2D eigenvalue weighted by atomic mass is 16.5. The topological polar surface area (TPSA) is 105 Å². The van der Waals surface area contributed by atoms with Crippen LogP contribution < -0.4 is 5.32 Å². The molecule has 0 aromatic carbocycles. The normalized spacial score (nSPS) is 19.2. The number of carboxylic acids is 1. The van der Waals surface area contributed by atoms with E-state index >= 15 is 0 Å². The molecule has 2 N–H and O–H groups in total. The molecule has 1 unspecified atom stereocenters. The molecule has 7 heteroatoms. The largest absolute Gasteiger partial charge is 0.480 e. The van der Waals surface area contributed by atoms with Gasteiger partial charge in [-0.05, 0) is 38.0 Å². The lowest BCUT2D eigenvalue weighted by molar-refractivity contribution is -0.142. The van der Waals surface area contributed by atoms with Crippen LogP contribution in [0.1, 0.15) is 56.2 Å². The average Bonchev–Trinajstić information content (AvgIpc) is 3.35. The standard InChI is InChI=1S/C14H19N3O4/c18-10(15-12(14(19)20)8-4-5-8)2-1-3-11-16-13(17-21-11)9-6-7-9/h8-9,12H,1-7H2,(H,15,18)(H,19,20). The van der Waals surface area contributed by atoms with E-state index in [0.29, 0.717) is 24.7 Å². The minimum Gasteiger partial charge on any atom is -0.480 e. The van der Waals surface area contributed by atoms with Gasteiger partial charge < -0.3 is 14.9 Å². The predicted molar refractivity (Wildman–Crippen MR) is 71.5 cm³/mol. The number of carbonyl (C=O) groups is 2. The highest BCUT2D eigenvalue weighted by Gasteiger charge is 2.37. The molecule has 3 rings (SSSR count). The summed E-state index contributed by atoms with van der Waals surface area (Å²) >= 11 is 0. The lowest BCUT2D eigenvalue weighted by atomic mass is 10.1. The van der Waals surface area contributed by atoms with Gasteiger partial charge in [0.25, 0.3) is 0 Å². The fourth-order valence-electron chi connectivity index (χ4n) is 2.33. The molecule has 0 bridgehead atoms. The molecule has 0 aliphatic heterocycles. The number of carbonyl (C=O) groups excluding carboxylic acids is 1. The van der Waals surface area contributed by atoms with Crippen molar-refractivity contribution in [1.29, 1.82) is 0 Å². The second-order valence-electron chi connectivity index (χ2n) is 5.89. The van der Waals surface area contributed by atoms with E-state index in [0.717, 1.165) is 31.5 Å². The first-order valence-electron chi connectivity index (χ1n) is 7.48. The highest BCUT2D eigenvalue weighted by molar-refractivity contribution is 5.83. The van der Waals surface area contributed by atoms with Crippen LogP contribution in [0.2, 0.25) is 0 Å². The second kappa shape index (κ2) is 5.83. The number of aromatic nitrogens is 2. The number of hydrogen-bond acceptors (Lipinski definition) is 5. The Morgan fingerprint density at radius 3 is 2.71 bits per heavy atom. The molecule has 1 aromatic rings. The molecule has 0 saturated heterocycles. The minimum atomic E-state index is -0.947. The number of amides is 1. The van der Waals surface area contributed by atoms with Gasteiger partial charge in [-0.3, -0.25) is 4.79 Å². The third-order valence-corrected chi connectivity index (χ3v) is 3.90. The number of aryl methyl sites for hydroxylation is 1. The Bertz CT molecular complexity index is 534. The monoisotopic (exact) mass is 293 g/mol. The van der Waals surface area contributed by atoms with Crippen LogP contribution in [0.5, 0.6) is 0 Å². The van der Waals surface area contributed by atoms with Crippen molar-refractivity contribution in [2.45, 2.75) is 56.9 Å². The summed E-state index contributed by atoms with van der Waals surface area (Å²) in [5.74, 6) is 0.716. The van der Waals surface area contributed by atoms with Gasteiger partial charge in [0.05, 0.1) is 0 Å². The SMILES string of the molecule is O=C(CCCc1nc(C2CC2)no1)NC(C(=O)O)C1CC1. The van der Waals surface area contributed by atoms with Crippen molar-refractivity contribution in [3.63, 3.8) is 0 Å². The predicted octanol–water partition coefficient (Wildman–Crippen LogP) is 1.25. The summed E-state index contributed by atoms with van der Waals surface area (Å²) in [4.78, 5) is 27.1. The van der Waals surface area contributed by atoms with Crippen LogP contribution >= 0.6 is 0 Å². The third kappa shape index (κ3) is 3.80. The summed E-state index contributed by atoms with van der Waals surface area (Å²) in [6, 6.07) is -0.734.